The molecule has 124 valence electrons. The summed E-state index contributed by atoms with van der Waals surface area (Å²) in [5, 5.41) is 4.10. The van der Waals surface area contributed by atoms with Crippen molar-refractivity contribution in [2.45, 2.75) is 59.1 Å². The topological polar surface area (TPSA) is 64.1 Å². The Morgan fingerprint density at radius 3 is 2.87 bits per heavy atom. The molecular formula is C17H23N3O2S. The van der Waals surface area contributed by atoms with Crippen molar-refractivity contribution >= 4 is 27.5 Å². The number of thiophene rings is 1. The van der Waals surface area contributed by atoms with Crippen LogP contribution in [0.3, 0.4) is 0 Å². The summed E-state index contributed by atoms with van der Waals surface area (Å²) < 4.78 is 5.66. The lowest BCUT2D eigenvalue weighted by atomic mass is 10.1. The molecule has 2 atom stereocenters. The van der Waals surface area contributed by atoms with E-state index in [0.717, 1.165) is 58.0 Å². The van der Waals surface area contributed by atoms with Crippen molar-refractivity contribution in [2.75, 3.05) is 6.61 Å². The minimum absolute atomic E-state index is 0.0213. The SMILES string of the molecule is CCc1nc(C)c2c(C)c(C(=O)N[C@@H](C)[C@@H]3CCCO3)sc2n1. The summed E-state index contributed by atoms with van der Waals surface area (Å²) in [6, 6.07) is 0.0213. The number of hydrogen-bond donors (Lipinski definition) is 1. The maximum Gasteiger partial charge on any atom is 0.262 e. The molecule has 1 aliphatic rings. The molecule has 0 unspecified atom stereocenters. The van der Waals surface area contributed by atoms with E-state index in [1.54, 1.807) is 0 Å². The van der Waals surface area contributed by atoms with Gasteiger partial charge in [-0.2, -0.15) is 0 Å². The fourth-order valence-corrected chi connectivity index (χ4v) is 4.29. The first-order chi connectivity index (χ1) is 11.0. The van der Waals surface area contributed by atoms with Crippen LogP contribution in [-0.2, 0) is 11.2 Å². The van der Waals surface area contributed by atoms with Crippen LogP contribution in [0.5, 0.6) is 0 Å². The van der Waals surface area contributed by atoms with Crippen LogP contribution in [0.2, 0.25) is 0 Å². The monoisotopic (exact) mass is 333 g/mol. The van der Waals surface area contributed by atoms with Crippen molar-refractivity contribution in [3.63, 3.8) is 0 Å². The molecule has 1 amide bonds. The quantitative estimate of drug-likeness (QED) is 0.933. The molecule has 2 aromatic heterocycles. The summed E-state index contributed by atoms with van der Waals surface area (Å²) in [4.78, 5) is 23.4. The van der Waals surface area contributed by atoms with Gasteiger partial charge in [0.2, 0.25) is 0 Å². The zero-order valence-electron chi connectivity index (χ0n) is 14.1. The molecule has 0 bridgehead atoms. The Balaban J connectivity index is 1.88. The summed E-state index contributed by atoms with van der Waals surface area (Å²) in [6.45, 7) is 8.81. The first-order valence-corrected chi connectivity index (χ1v) is 9.02. The van der Waals surface area contributed by atoms with Gasteiger partial charge in [0.1, 0.15) is 10.7 Å². The summed E-state index contributed by atoms with van der Waals surface area (Å²) >= 11 is 1.46. The number of carbonyl (C=O) groups excluding carboxylic acids is 1. The summed E-state index contributed by atoms with van der Waals surface area (Å²) in [7, 11) is 0. The zero-order valence-corrected chi connectivity index (χ0v) is 14.9. The van der Waals surface area contributed by atoms with Gasteiger partial charge in [0.25, 0.3) is 5.91 Å². The van der Waals surface area contributed by atoms with E-state index >= 15 is 0 Å². The average Bonchev–Trinajstić information content (AvgIpc) is 3.15. The highest BCUT2D eigenvalue weighted by Crippen LogP contribution is 2.31. The van der Waals surface area contributed by atoms with Gasteiger partial charge in [0.05, 0.1) is 17.0 Å². The fraction of sp³-hybridized carbons (Fsp3) is 0.588. The van der Waals surface area contributed by atoms with Crippen molar-refractivity contribution in [1.82, 2.24) is 15.3 Å². The lowest BCUT2D eigenvalue weighted by molar-refractivity contribution is 0.0714. The van der Waals surface area contributed by atoms with E-state index in [1.165, 1.54) is 11.3 Å². The van der Waals surface area contributed by atoms with Gasteiger partial charge >= 0.3 is 0 Å². The molecule has 3 heterocycles. The number of amides is 1. The number of fused-ring (bicyclic) bond motifs is 1. The smallest absolute Gasteiger partial charge is 0.262 e. The van der Waals surface area contributed by atoms with E-state index in [9.17, 15) is 4.79 Å². The van der Waals surface area contributed by atoms with E-state index in [4.69, 9.17) is 4.74 Å². The molecule has 1 aliphatic heterocycles. The van der Waals surface area contributed by atoms with E-state index in [2.05, 4.69) is 15.3 Å². The van der Waals surface area contributed by atoms with Crippen LogP contribution < -0.4 is 5.32 Å². The molecule has 5 nitrogen and oxygen atoms in total. The maximum absolute atomic E-state index is 12.7. The van der Waals surface area contributed by atoms with Gasteiger partial charge in [-0.3, -0.25) is 4.79 Å². The zero-order chi connectivity index (χ0) is 16.6. The van der Waals surface area contributed by atoms with E-state index in [0.29, 0.717) is 0 Å². The molecule has 6 heteroatoms. The third-order valence-electron chi connectivity index (χ3n) is 4.42. The van der Waals surface area contributed by atoms with Crippen molar-refractivity contribution in [3.8, 4) is 0 Å². The molecule has 2 aromatic rings. The predicted molar refractivity (Wildman–Crippen MR) is 92.2 cm³/mol. The summed E-state index contributed by atoms with van der Waals surface area (Å²) in [6.07, 6.45) is 3.01. The molecule has 0 aromatic carbocycles. The molecular weight excluding hydrogens is 310 g/mol. The minimum atomic E-state index is -0.0362. The summed E-state index contributed by atoms with van der Waals surface area (Å²) in [5.74, 6) is 0.793. The Labute approximate surface area is 140 Å². The van der Waals surface area contributed by atoms with E-state index < -0.39 is 0 Å². The number of ether oxygens (including phenoxy) is 1. The standard InChI is InChI=1S/C17H23N3O2S/c1-5-13-18-11(4)14-9(2)15(23-17(14)20-13)16(21)19-10(3)12-7-6-8-22-12/h10,12H,5-8H2,1-4H3,(H,19,21)/t10-,12-/m0/s1. The number of rotatable bonds is 4. The minimum Gasteiger partial charge on any atom is -0.376 e. The largest absolute Gasteiger partial charge is 0.376 e. The van der Waals surface area contributed by atoms with E-state index in [-0.39, 0.29) is 18.1 Å². The molecule has 3 rings (SSSR count). The van der Waals surface area contributed by atoms with E-state index in [1.807, 2.05) is 27.7 Å². The van der Waals surface area contributed by atoms with Crippen molar-refractivity contribution < 1.29 is 9.53 Å². The number of aryl methyl sites for hydroxylation is 3. The maximum atomic E-state index is 12.7. The molecule has 1 fully saturated rings. The van der Waals surface area contributed by atoms with Gasteiger partial charge in [0.15, 0.2) is 0 Å². The highest BCUT2D eigenvalue weighted by molar-refractivity contribution is 7.20. The highest BCUT2D eigenvalue weighted by atomic mass is 32.1. The van der Waals surface area contributed by atoms with Crippen LogP contribution in [0.15, 0.2) is 0 Å². The molecule has 0 spiro atoms. The molecule has 0 aliphatic carbocycles. The normalized spacial score (nSPS) is 19.2. The van der Waals surface area contributed by atoms with Crippen molar-refractivity contribution in [2.24, 2.45) is 0 Å². The average molecular weight is 333 g/mol. The highest BCUT2D eigenvalue weighted by Gasteiger charge is 2.26. The second-order valence-corrected chi connectivity index (χ2v) is 7.13. The molecule has 0 saturated carbocycles. The van der Waals surface area contributed by atoms with Gasteiger partial charge in [-0.25, -0.2) is 9.97 Å². The number of aromatic nitrogens is 2. The number of hydrogen-bond acceptors (Lipinski definition) is 5. The van der Waals surface area contributed by atoms with Gasteiger partial charge < -0.3 is 10.1 Å². The van der Waals surface area contributed by atoms with Gasteiger partial charge in [-0.05, 0) is 39.2 Å². The van der Waals surface area contributed by atoms with Crippen LogP contribution >= 0.6 is 11.3 Å². The first kappa shape index (κ1) is 16.3. The Morgan fingerprint density at radius 2 is 2.22 bits per heavy atom. The Bertz CT molecular complexity index is 735. The van der Waals surface area contributed by atoms with Crippen LogP contribution in [0.25, 0.3) is 10.2 Å². The van der Waals surface area contributed by atoms with Gasteiger partial charge in [-0.1, -0.05) is 6.92 Å². The van der Waals surface area contributed by atoms with Gasteiger partial charge in [0, 0.05) is 24.1 Å². The number of nitrogens with zero attached hydrogens (tertiary/aromatic N) is 2. The van der Waals surface area contributed by atoms with Crippen LogP contribution in [0.4, 0.5) is 0 Å². The van der Waals surface area contributed by atoms with Crippen molar-refractivity contribution in [1.29, 1.82) is 0 Å². The number of nitrogens with one attached hydrogen (secondary N) is 1. The Hall–Kier alpha value is -1.53. The number of carbonyl (C=O) groups is 1. The van der Waals surface area contributed by atoms with Crippen molar-refractivity contribution in [3.05, 3.63) is 22.0 Å². The first-order valence-electron chi connectivity index (χ1n) is 8.20. The molecule has 0 radical (unpaired) electrons. The third kappa shape index (κ3) is 3.10. The summed E-state index contributed by atoms with van der Waals surface area (Å²) in [5.41, 5.74) is 1.93. The lowest BCUT2D eigenvalue weighted by Crippen LogP contribution is -2.40. The molecule has 1 saturated heterocycles. The third-order valence-corrected chi connectivity index (χ3v) is 5.61. The van der Waals surface area contributed by atoms with Crippen LogP contribution in [-0.4, -0.2) is 34.6 Å². The molecule has 1 N–H and O–H groups in total. The van der Waals surface area contributed by atoms with Gasteiger partial charge in [-0.15, -0.1) is 11.3 Å². The Kier molecular flexibility index (Phi) is 4.64. The second-order valence-electron chi connectivity index (χ2n) is 6.13. The fourth-order valence-electron chi connectivity index (χ4n) is 3.13. The Morgan fingerprint density at radius 1 is 1.43 bits per heavy atom. The molecule has 23 heavy (non-hydrogen) atoms. The van der Waals surface area contributed by atoms with Crippen LogP contribution in [0.1, 0.15) is 53.4 Å². The lowest BCUT2D eigenvalue weighted by Gasteiger charge is -2.19. The second kappa shape index (κ2) is 6.53. The van der Waals surface area contributed by atoms with Crippen LogP contribution in [0, 0.1) is 13.8 Å². The predicted octanol–water partition coefficient (Wildman–Crippen LogP) is 3.17.